The number of likely N-dealkylation sites (tertiary alicyclic amines) is 1. The molecule has 3 aromatic carbocycles. The van der Waals surface area contributed by atoms with Crippen molar-refractivity contribution in [2.75, 3.05) is 32.2 Å². The lowest BCUT2D eigenvalue weighted by molar-refractivity contribution is 0.0689. The Morgan fingerprint density at radius 3 is 2.60 bits per heavy atom. The molecule has 2 heterocycles. The second-order valence-electron chi connectivity index (χ2n) is 8.99. The fourth-order valence-corrected chi connectivity index (χ4v) is 5.39. The molecule has 1 saturated heterocycles. The molecule has 0 aliphatic carbocycles. The van der Waals surface area contributed by atoms with Crippen molar-refractivity contribution in [2.24, 2.45) is 5.92 Å². The maximum Gasteiger partial charge on any atom is 0.257 e. The predicted molar refractivity (Wildman–Crippen MR) is 133 cm³/mol. The van der Waals surface area contributed by atoms with E-state index in [0.717, 1.165) is 34.5 Å². The van der Waals surface area contributed by atoms with Crippen LogP contribution in [-0.4, -0.2) is 49.3 Å². The van der Waals surface area contributed by atoms with Crippen molar-refractivity contribution in [3.05, 3.63) is 94.8 Å². The van der Waals surface area contributed by atoms with Crippen molar-refractivity contribution in [1.29, 1.82) is 0 Å². The minimum atomic E-state index is -0.522. The van der Waals surface area contributed by atoms with Crippen LogP contribution in [0, 0.1) is 23.6 Å². The maximum atomic E-state index is 14.5. The van der Waals surface area contributed by atoms with Gasteiger partial charge in [0.2, 0.25) is 0 Å². The summed E-state index contributed by atoms with van der Waals surface area (Å²) in [5, 5.41) is 10.2. The van der Waals surface area contributed by atoms with E-state index in [2.05, 4.69) is 16.7 Å². The number of fused-ring (bicyclic) bond motifs is 3. The van der Waals surface area contributed by atoms with Gasteiger partial charge in [-0.3, -0.25) is 4.79 Å². The Bertz CT molecular complexity index is 1330. The average Bonchev–Trinajstić information content (AvgIpc) is 3.33. The van der Waals surface area contributed by atoms with E-state index >= 15 is 0 Å². The van der Waals surface area contributed by atoms with Gasteiger partial charge in [0.15, 0.2) is 0 Å². The third-order valence-corrected chi connectivity index (χ3v) is 7.14. The molecule has 3 aromatic rings. The van der Waals surface area contributed by atoms with Crippen molar-refractivity contribution in [2.45, 2.75) is 18.5 Å². The minimum Gasteiger partial charge on any atom is -0.497 e. The predicted octanol–water partition coefficient (Wildman–Crippen LogP) is 4.25. The zero-order chi connectivity index (χ0) is 24.5. The van der Waals surface area contributed by atoms with Crippen molar-refractivity contribution in [3.8, 4) is 17.6 Å². The van der Waals surface area contributed by atoms with Crippen molar-refractivity contribution in [3.63, 3.8) is 0 Å². The number of hydrogen-bond donors (Lipinski definition) is 1. The van der Waals surface area contributed by atoms with Crippen molar-refractivity contribution >= 4 is 11.6 Å². The number of aliphatic hydroxyl groups excluding tert-OH is 1. The van der Waals surface area contributed by atoms with Crippen LogP contribution in [0.2, 0.25) is 0 Å². The first kappa shape index (κ1) is 22.9. The molecular weight excluding hydrogens is 443 g/mol. The van der Waals surface area contributed by atoms with E-state index in [1.54, 1.807) is 24.1 Å². The number of likely N-dealkylation sites (N-methyl/N-ethyl adjacent to an activating group) is 1. The number of hydrogen-bond acceptors (Lipinski definition) is 4. The highest BCUT2D eigenvalue weighted by Gasteiger charge is 2.48. The van der Waals surface area contributed by atoms with Gasteiger partial charge in [0, 0.05) is 36.3 Å². The Labute approximate surface area is 204 Å². The van der Waals surface area contributed by atoms with Crippen LogP contribution < -0.4 is 9.64 Å². The van der Waals surface area contributed by atoms with Gasteiger partial charge in [-0.25, -0.2) is 4.39 Å². The molecule has 5 rings (SSSR count). The Hall–Kier alpha value is -3.82. The van der Waals surface area contributed by atoms with Gasteiger partial charge in [-0.15, -0.1) is 0 Å². The molecule has 35 heavy (non-hydrogen) atoms. The highest BCUT2D eigenvalue weighted by molar-refractivity contribution is 5.95. The van der Waals surface area contributed by atoms with E-state index in [1.165, 1.54) is 12.1 Å². The van der Waals surface area contributed by atoms with Crippen LogP contribution >= 0.6 is 0 Å². The van der Waals surface area contributed by atoms with Crippen LogP contribution in [-0.2, 0) is 0 Å². The Morgan fingerprint density at radius 2 is 1.86 bits per heavy atom. The Balaban J connectivity index is 1.55. The van der Waals surface area contributed by atoms with Crippen LogP contribution in [0.4, 0.5) is 10.1 Å². The number of anilines is 1. The van der Waals surface area contributed by atoms with Gasteiger partial charge in [0.05, 0.1) is 31.4 Å². The summed E-state index contributed by atoms with van der Waals surface area (Å²) in [6, 6.07) is 19.3. The summed E-state index contributed by atoms with van der Waals surface area (Å²) in [5.74, 6) is 6.35. The number of carbonyl (C=O) groups is 1. The topological polar surface area (TPSA) is 53.0 Å². The van der Waals surface area contributed by atoms with E-state index in [9.17, 15) is 14.3 Å². The molecule has 6 heteroatoms. The van der Waals surface area contributed by atoms with Gasteiger partial charge in [0.1, 0.15) is 11.6 Å². The van der Waals surface area contributed by atoms with E-state index in [0.29, 0.717) is 6.54 Å². The summed E-state index contributed by atoms with van der Waals surface area (Å²) in [6.45, 7) is 0.488. The first-order valence-electron chi connectivity index (χ1n) is 11.7. The highest BCUT2D eigenvalue weighted by atomic mass is 19.1. The number of nitrogens with zero attached hydrogens (tertiary/aromatic N) is 2. The normalized spacial score (nSPS) is 20.5. The number of carbonyl (C=O) groups excluding carboxylic acids is 1. The summed E-state index contributed by atoms with van der Waals surface area (Å²) in [7, 11) is 3.59. The summed E-state index contributed by atoms with van der Waals surface area (Å²) in [4.78, 5) is 17.3. The lowest BCUT2D eigenvalue weighted by atomic mass is 9.81. The number of aliphatic hydroxyl groups is 1. The number of halogens is 1. The monoisotopic (exact) mass is 470 g/mol. The molecule has 1 amide bonds. The molecule has 0 spiro atoms. The number of ether oxygens (including phenoxy) is 1. The van der Waals surface area contributed by atoms with Gasteiger partial charge >= 0.3 is 0 Å². The number of methoxy groups -OCH3 is 1. The van der Waals surface area contributed by atoms with E-state index < -0.39 is 5.82 Å². The number of amides is 1. The first-order chi connectivity index (χ1) is 17.0. The van der Waals surface area contributed by atoms with E-state index in [1.807, 2.05) is 49.5 Å². The molecule has 1 fully saturated rings. The molecule has 1 N–H and O–H groups in total. The third-order valence-electron chi connectivity index (χ3n) is 7.14. The lowest BCUT2D eigenvalue weighted by Crippen LogP contribution is -2.48. The van der Waals surface area contributed by atoms with Gasteiger partial charge in [-0.2, -0.15) is 0 Å². The minimum absolute atomic E-state index is 0.0176. The lowest BCUT2D eigenvalue weighted by Gasteiger charge is -2.44. The van der Waals surface area contributed by atoms with Gasteiger partial charge < -0.3 is 19.6 Å². The molecule has 0 saturated carbocycles. The molecule has 0 radical (unpaired) electrons. The zero-order valence-electron chi connectivity index (χ0n) is 19.7. The van der Waals surface area contributed by atoms with Gasteiger partial charge in [0.25, 0.3) is 5.91 Å². The van der Waals surface area contributed by atoms with Gasteiger partial charge in [-0.1, -0.05) is 30.0 Å². The second-order valence-corrected chi connectivity index (χ2v) is 8.99. The summed E-state index contributed by atoms with van der Waals surface area (Å²) in [5.41, 5.74) is 3.66. The molecule has 3 atom stereocenters. The molecule has 2 aliphatic rings. The second kappa shape index (κ2) is 9.44. The Morgan fingerprint density at radius 1 is 1.09 bits per heavy atom. The van der Waals surface area contributed by atoms with Crippen LogP contribution in [0.15, 0.2) is 66.7 Å². The SMILES string of the molecule is COc1cccc(C#Cc2ccc3c(c2)[C@@H]2[C@@H](CCN2C(=O)c2ccccc2F)[C@@H](CO)N3C)c1. The Kier molecular flexibility index (Phi) is 6.19. The average molecular weight is 471 g/mol. The highest BCUT2D eigenvalue weighted by Crippen LogP contribution is 2.49. The maximum absolute atomic E-state index is 14.5. The summed E-state index contributed by atoms with van der Waals surface area (Å²) < 4.78 is 19.8. The fourth-order valence-electron chi connectivity index (χ4n) is 5.39. The standard InChI is InChI=1S/C29H27FN2O3/c1-31-26-13-12-20(11-10-19-6-5-7-21(16-19)35-2)17-24(26)28-23(27(31)18-33)14-15-32(28)29(34)22-8-3-4-9-25(22)30/h3-9,12-13,16-17,23,27-28,33H,14-15,18H2,1-2H3/t23-,27+,28-/m0/s1. The summed E-state index contributed by atoms with van der Waals surface area (Å²) >= 11 is 0. The van der Waals surface area contributed by atoms with E-state index in [4.69, 9.17) is 4.74 Å². The number of rotatable bonds is 3. The quantitative estimate of drug-likeness (QED) is 0.582. The molecular formula is C29H27FN2O3. The molecule has 0 unspecified atom stereocenters. The smallest absolute Gasteiger partial charge is 0.257 e. The molecule has 0 aromatic heterocycles. The van der Waals surface area contributed by atoms with Crippen LogP contribution in [0.3, 0.4) is 0 Å². The molecule has 0 bridgehead atoms. The number of benzene rings is 3. The zero-order valence-corrected chi connectivity index (χ0v) is 19.7. The van der Waals surface area contributed by atoms with Crippen molar-refractivity contribution in [1.82, 2.24) is 4.90 Å². The van der Waals surface area contributed by atoms with Crippen molar-refractivity contribution < 1.29 is 19.0 Å². The van der Waals surface area contributed by atoms with Crippen LogP contribution in [0.5, 0.6) is 5.75 Å². The molecule has 178 valence electrons. The van der Waals surface area contributed by atoms with Crippen LogP contribution in [0.1, 0.15) is 39.5 Å². The fraction of sp³-hybridized carbons (Fsp3) is 0.276. The van der Waals surface area contributed by atoms with Gasteiger partial charge in [-0.05, 0) is 60.5 Å². The largest absolute Gasteiger partial charge is 0.497 e. The first-order valence-corrected chi connectivity index (χ1v) is 11.7. The summed E-state index contributed by atoms with van der Waals surface area (Å²) in [6.07, 6.45) is 0.736. The third kappa shape index (κ3) is 4.13. The van der Waals surface area contributed by atoms with Crippen LogP contribution in [0.25, 0.3) is 0 Å². The molecule has 5 nitrogen and oxygen atoms in total. The van der Waals surface area contributed by atoms with E-state index in [-0.39, 0.29) is 36.1 Å². The molecule has 2 aliphatic heterocycles.